The third-order valence-electron chi connectivity index (χ3n) is 7.09. The third kappa shape index (κ3) is 28.0. The molecule has 2 heteroatoms. The number of aliphatic hydroxyl groups excluding tert-OH is 2. The molecule has 194 valence electrons. The van der Waals surface area contributed by atoms with Crippen molar-refractivity contribution in [3.63, 3.8) is 0 Å². The number of aliphatic hydroxyl groups is 2. The molecule has 0 aliphatic rings. The summed E-state index contributed by atoms with van der Waals surface area (Å²) in [4.78, 5) is 0. The Kier molecular flexibility index (Phi) is 28.9. The van der Waals surface area contributed by atoms with E-state index in [4.69, 9.17) is 5.11 Å². The second kappa shape index (κ2) is 29.0. The first-order valence-electron chi connectivity index (χ1n) is 15.1. The monoisotopic (exact) mass is 454 g/mol. The molecule has 2 nitrogen and oxygen atoms in total. The maximum absolute atomic E-state index is 10.2. The van der Waals surface area contributed by atoms with E-state index in [-0.39, 0.29) is 6.10 Å². The first-order chi connectivity index (χ1) is 15.8. The standard InChI is InChI=1S/C30H62O2/c1-2-3-4-5-6-7-8-9-10-11-12-13-14-15-18-21-24-27-30(32)28-25-22-19-16-17-20-23-26-29-31/h30-32H,2-29H2,1H3. The van der Waals surface area contributed by atoms with Gasteiger partial charge < -0.3 is 10.2 Å². The lowest BCUT2D eigenvalue weighted by molar-refractivity contribution is 0.147. The summed E-state index contributed by atoms with van der Waals surface area (Å²) in [7, 11) is 0. The first-order valence-corrected chi connectivity index (χ1v) is 15.1. The summed E-state index contributed by atoms with van der Waals surface area (Å²) in [5.41, 5.74) is 0. The molecule has 0 saturated heterocycles. The Morgan fingerprint density at radius 1 is 0.375 bits per heavy atom. The van der Waals surface area contributed by atoms with Gasteiger partial charge in [0.15, 0.2) is 0 Å². The summed E-state index contributed by atoms with van der Waals surface area (Å²) in [6.45, 7) is 2.64. The Bertz CT molecular complexity index is 318. The van der Waals surface area contributed by atoms with Gasteiger partial charge in [-0.2, -0.15) is 0 Å². The molecule has 32 heavy (non-hydrogen) atoms. The summed E-state index contributed by atoms with van der Waals surface area (Å²) >= 11 is 0. The first kappa shape index (κ1) is 31.9. The van der Waals surface area contributed by atoms with Gasteiger partial charge in [-0.1, -0.05) is 161 Å². The molecule has 0 aliphatic carbocycles. The summed E-state index contributed by atoms with van der Waals surface area (Å²) in [5, 5.41) is 18.9. The molecule has 0 amide bonds. The summed E-state index contributed by atoms with van der Waals surface area (Å²) < 4.78 is 0. The Hall–Kier alpha value is -0.0800. The predicted molar refractivity (Wildman–Crippen MR) is 143 cm³/mol. The minimum absolute atomic E-state index is 0.0594. The van der Waals surface area contributed by atoms with Crippen LogP contribution in [-0.2, 0) is 0 Å². The lowest BCUT2D eigenvalue weighted by Crippen LogP contribution is -2.05. The normalized spacial score (nSPS) is 12.5. The van der Waals surface area contributed by atoms with Gasteiger partial charge in [0.2, 0.25) is 0 Å². The minimum atomic E-state index is -0.0594. The van der Waals surface area contributed by atoms with Crippen LogP contribution in [0.3, 0.4) is 0 Å². The van der Waals surface area contributed by atoms with Crippen LogP contribution in [0.25, 0.3) is 0 Å². The van der Waals surface area contributed by atoms with Crippen LogP contribution in [0, 0.1) is 0 Å². The average Bonchev–Trinajstić information content (AvgIpc) is 2.80. The van der Waals surface area contributed by atoms with E-state index in [0.29, 0.717) is 6.61 Å². The predicted octanol–water partition coefficient (Wildman–Crippen LogP) is 9.89. The van der Waals surface area contributed by atoms with E-state index < -0.39 is 0 Å². The molecule has 0 spiro atoms. The van der Waals surface area contributed by atoms with Crippen LogP contribution in [0.2, 0.25) is 0 Å². The third-order valence-corrected chi connectivity index (χ3v) is 7.09. The van der Waals surface area contributed by atoms with Crippen molar-refractivity contribution in [2.75, 3.05) is 6.61 Å². The van der Waals surface area contributed by atoms with Crippen molar-refractivity contribution in [1.82, 2.24) is 0 Å². The second-order valence-corrected chi connectivity index (χ2v) is 10.4. The largest absolute Gasteiger partial charge is 0.396 e. The van der Waals surface area contributed by atoms with Gasteiger partial charge in [-0.25, -0.2) is 0 Å². The SMILES string of the molecule is CCCCCCCCCCCCCCCCCCCC(O)CCCCCCCCCCO. The zero-order chi connectivity index (χ0) is 23.4. The number of hydrogen-bond donors (Lipinski definition) is 2. The summed E-state index contributed by atoms with van der Waals surface area (Å²) in [6.07, 6.45) is 35.8. The molecule has 1 atom stereocenters. The van der Waals surface area contributed by atoms with Gasteiger partial charge in [0.1, 0.15) is 0 Å². The van der Waals surface area contributed by atoms with Crippen LogP contribution >= 0.6 is 0 Å². The van der Waals surface area contributed by atoms with Gasteiger partial charge in [0.05, 0.1) is 6.10 Å². The maximum atomic E-state index is 10.2. The molecule has 0 fully saturated rings. The smallest absolute Gasteiger partial charge is 0.0540 e. The van der Waals surface area contributed by atoms with Gasteiger partial charge >= 0.3 is 0 Å². The molecule has 0 rings (SSSR count). The summed E-state index contributed by atoms with van der Waals surface area (Å²) in [6, 6.07) is 0. The van der Waals surface area contributed by atoms with Crippen molar-refractivity contribution in [2.45, 2.75) is 186 Å². The highest BCUT2D eigenvalue weighted by Crippen LogP contribution is 2.16. The van der Waals surface area contributed by atoms with E-state index in [2.05, 4.69) is 6.92 Å². The van der Waals surface area contributed by atoms with Gasteiger partial charge in [0, 0.05) is 6.61 Å². The van der Waals surface area contributed by atoms with E-state index >= 15 is 0 Å². The minimum Gasteiger partial charge on any atom is -0.396 e. The van der Waals surface area contributed by atoms with Crippen LogP contribution in [0.5, 0.6) is 0 Å². The second-order valence-electron chi connectivity index (χ2n) is 10.4. The summed E-state index contributed by atoms with van der Waals surface area (Å²) in [5.74, 6) is 0. The van der Waals surface area contributed by atoms with Crippen LogP contribution in [0.15, 0.2) is 0 Å². The molecular formula is C30H62O2. The maximum Gasteiger partial charge on any atom is 0.0540 e. The van der Waals surface area contributed by atoms with E-state index in [0.717, 1.165) is 19.3 Å². The lowest BCUT2D eigenvalue weighted by atomic mass is 10.0. The molecule has 0 radical (unpaired) electrons. The van der Waals surface area contributed by atoms with Gasteiger partial charge in [-0.15, -0.1) is 0 Å². The quantitative estimate of drug-likeness (QED) is 0.115. The van der Waals surface area contributed by atoms with Crippen molar-refractivity contribution in [3.05, 3.63) is 0 Å². The highest BCUT2D eigenvalue weighted by atomic mass is 16.3. The Morgan fingerprint density at radius 3 is 0.906 bits per heavy atom. The average molecular weight is 455 g/mol. The van der Waals surface area contributed by atoms with Crippen molar-refractivity contribution in [1.29, 1.82) is 0 Å². The molecule has 1 unspecified atom stereocenters. The van der Waals surface area contributed by atoms with E-state index in [1.165, 1.54) is 154 Å². The van der Waals surface area contributed by atoms with E-state index in [1.54, 1.807) is 0 Å². The van der Waals surface area contributed by atoms with Crippen molar-refractivity contribution < 1.29 is 10.2 Å². The van der Waals surface area contributed by atoms with E-state index in [1.807, 2.05) is 0 Å². The fourth-order valence-electron chi connectivity index (χ4n) is 4.80. The van der Waals surface area contributed by atoms with Gasteiger partial charge in [-0.05, 0) is 19.3 Å². The molecule has 0 saturated carbocycles. The van der Waals surface area contributed by atoms with Crippen molar-refractivity contribution in [2.24, 2.45) is 0 Å². The molecule has 2 N–H and O–H groups in total. The Labute approximate surface area is 203 Å². The molecule has 0 bridgehead atoms. The van der Waals surface area contributed by atoms with Crippen LogP contribution in [0.1, 0.15) is 180 Å². The van der Waals surface area contributed by atoms with E-state index in [9.17, 15) is 5.11 Å². The fraction of sp³-hybridized carbons (Fsp3) is 1.00. The zero-order valence-electron chi connectivity index (χ0n) is 22.3. The molecular weight excluding hydrogens is 392 g/mol. The lowest BCUT2D eigenvalue weighted by Gasteiger charge is -2.10. The number of hydrogen-bond acceptors (Lipinski definition) is 2. The highest BCUT2D eigenvalue weighted by Gasteiger charge is 2.04. The molecule has 0 aromatic heterocycles. The van der Waals surface area contributed by atoms with Gasteiger partial charge in [0.25, 0.3) is 0 Å². The Balaban J connectivity index is 3.11. The number of rotatable bonds is 28. The van der Waals surface area contributed by atoms with Crippen LogP contribution in [0.4, 0.5) is 0 Å². The topological polar surface area (TPSA) is 40.5 Å². The Morgan fingerprint density at radius 2 is 0.625 bits per heavy atom. The van der Waals surface area contributed by atoms with Crippen LogP contribution < -0.4 is 0 Å². The fourth-order valence-corrected chi connectivity index (χ4v) is 4.80. The molecule has 0 aromatic rings. The highest BCUT2D eigenvalue weighted by molar-refractivity contribution is 4.58. The van der Waals surface area contributed by atoms with Crippen molar-refractivity contribution >= 4 is 0 Å². The molecule has 0 heterocycles. The zero-order valence-corrected chi connectivity index (χ0v) is 22.3. The van der Waals surface area contributed by atoms with Crippen LogP contribution in [-0.4, -0.2) is 22.9 Å². The van der Waals surface area contributed by atoms with Gasteiger partial charge in [-0.3, -0.25) is 0 Å². The molecule has 0 aliphatic heterocycles. The van der Waals surface area contributed by atoms with Crippen molar-refractivity contribution in [3.8, 4) is 0 Å². The number of unbranched alkanes of at least 4 members (excludes halogenated alkanes) is 23. The molecule has 0 aromatic carbocycles.